The van der Waals surface area contributed by atoms with E-state index < -0.39 is 5.60 Å². The summed E-state index contributed by atoms with van der Waals surface area (Å²) in [5.41, 5.74) is 5.72. The average Bonchev–Trinajstić information content (AvgIpc) is 3.07. The van der Waals surface area contributed by atoms with Gasteiger partial charge in [0.1, 0.15) is 11.4 Å². The van der Waals surface area contributed by atoms with Crippen molar-refractivity contribution in [3.05, 3.63) is 161 Å². The first-order valence-electron chi connectivity index (χ1n) is 15.2. The van der Waals surface area contributed by atoms with Crippen LogP contribution in [0.25, 0.3) is 11.1 Å². The fraction of sp³-hybridized carbons (Fsp3) is 0.231. The third-order valence-corrected chi connectivity index (χ3v) is 8.54. The van der Waals surface area contributed by atoms with Gasteiger partial charge >= 0.3 is 0 Å². The van der Waals surface area contributed by atoms with E-state index in [0.717, 1.165) is 63.4 Å². The van der Waals surface area contributed by atoms with Gasteiger partial charge in [0.2, 0.25) is 0 Å². The monoisotopic (exact) mass is 588 g/mol. The summed E-state index contributed by atoms with van der Waals surface area (Å²) in [6.07, 6.45) is 2.90. The highest BCUT2D eigenvalue weighted by atomic mass is 35.5. The molecule has 0 spiro atoms. The smallest absolute Gasteiger partial charge is 0.143 e. The Hall–Kier alpha value is -3.89. The highest BCUT2D eigenvalue weighted by molar-refractivity contribution is 6.33. The lowest BCUT2D eigenvalue weighted by atomic mass is 9.80. The quantitative estimate of drug-likeness (QED) is 0.152. The zero-order chi connectivity index (χ0) is 29.5. The average molecular weight is 589 g/mol. The molecule has 0 radical (unpaired) electrons. The van der Waals surface area contributed by atoms with Crippen LogP contribution in [0.5, 0.6) is 5.75 Å². The fourth-order valence-electron chi connectivity index (χ4n) is 6.12. The highest BCUT2D eigenvalue weighted by Gasteiger charge is 2.39. The van der Waals surface area contributed by atoms with Gasteiger partial charge in [0.15, 0.2) is 0 Å². The number of benzene rings is 5. The van der Waals surface area contributed by atoms with Crippen LogP contribution in [0.2, 0.25) is 5.02 Å². The van der Waals surface area contributed by atoms with Crippen LogP contribution in [0.3, 0.4) is 0 Å². The van der Waals surface area contributed by atoms with Gasteiger partial charge in [0.05, 0.1) is 25.4 Å². The standard InChI is InChI=1S/C39H37ClO3/c1-2-41-34-24-21-29(22-25-34)36-27-30(23-26-37(36)40)38-20-12-19-35(43-38)28-42-39(31-13-6-3-7-14-31,32-15-8-4-9-16-32)33-17-10-5-11-18-33/h3-11,13-18,21-27,35,38H,2,12,19-20,28H2,1H3/t35-,38+/m1/s1. The van der Waals surface area contributed by atoms with Crippen molar-refractivity contribution in [3.63, 3.8) is 0 Å². The number of hydrogen-bond acceptors (Lipinski definition) is 3. The van der Waals surface area contributed by atoms with E-state index in [1.807, 2.05) is 43.3 Å². The molecule has 2 atom stereocenters. The normalized spacial score (nSPS) is 17.0. The first kappa shape index (κ1) is 29.2. The van der Waals surface area contributed by atoms with Crippen LogP contribution in [-0.4, -0.2) is 19.3 Å². The molecule has 0 saturated carbocycles. The summed E-state index contributed by atoms with van der Waals surface area (Å²) in [6.45, 7) is 3.10. The highest BCUT2D eigenvalue weighted by Crippen LogP contribution is 2.42. The molecule has 218 valence electrons. The lowest BCUT2D eigenvalue weighted by Gasteiger charge is -2.38. The van der Waals surface area contributed by atoms with Crippen LogP contribution in [0, 0.1) is 0 Å². The van der Waals surface area contributed by atoms with E-state index in [0.29, 0.717) is 13.2 Å². The SMILES string of the molecule is CCOc1ccc(-c2cc([C@@H]3CCC[C@H](COC(c4ccccc4)(c4ccccc4)c4ccccc4)O3)ccc2Cl)cc1. The lowest BCUT2D eigenvalue weighted by molar-refractivity contribution is -0.113. The third-order valence-electron chi connectivity index (χ3n) is 8.21. The molecule has 0 aliphatic carbocycles. The van der Waals surface area contributed by atoms with Crippen LogP contribution < -0.4 is 4.74 Å². The second-order valence-corrected chi connectivity index (χ2v) is 11.4. The molecule has 1 heterocycles. The molecule has 1 aliphatic rings. The summed E-state index contributed by atoms with van der Waals surface area (Å²) in [5.74, 6) is 0.856. The van der Waals surface area contributed by atoms with Gasteiger partial charge in [-0.05, 0) is 78.3 Å². The van der Waals surface area contributed by atoms with Gasteiger partial charge in [-0.1, -0.05) is 121 Å². The largest absolute Gasteiger partial charge is 0.494 e. The molecule has 0 unspecified atom stereocenters. The summed E-state index contributed by atoms with van der Waals surface area (Å²) < 4.78 is 19.5. The van der Waals surface area contributed by atoms with E-state index in [2.05, 4.69) is 97.1 Å². The molecule has 1 fully saturated rings. The first-order chi connectivity index (χ1) is 21.2. The Bertz CT molecular complexity index is 1490. The van der Waals surface area contributed by atoms with Crippen LogP contribution in [-0.2, 0) is 15.1 Å². The predicted molar refractivity (Wildman–Crippen MR) is 175 cm³/mol. The second kappa shape index (κ2) is 13.6. The molecular formula is C39H37ClO3. The lowest BCUT2D eigenvalue weighted by Crippen LogP contribution is -2.37. The van der Waals surface area contributed by atoms with Gasteiger partial charge in [-0.25, -0.2) is 0 Å². The van der Waals surface area contributed by atoms with Crippen molar-refractivity contribution in [3.8, 4) is 16.9 Å². The Labute approximate surface area is 260 Å². The van der Waals surface area contributed by atoms with Gasteiger partial charge in [0.25, 0.3) is 0 Å². The number of halogens is 1. The Kier molecular flexibility index (Phi) is 9.24. The van der Waals surface area contributed by atoms with Crippen LogP contribution in [0.4, 0.5) is 0 Å². The molecule has 1 saturated heterocycles. The van der Waals surface area contributed by atoms with Crippen LogP contribution in [0.1, 0.15) is 54.5 Å². The van der Waals surface area contributed by atoms with E-state index in [-0.39, 0.29) is 12.2 Å². The number of ether oxygens (including phenoxy) is 3. The summed E-state index contributed by atoms with van der Waals surface area (Å²) in [7, 11) is 0. The molecule has 43 heavy (non-hydrogen) atoms. The molecular weight excluding hydrogens is 552 g/mol. The summed E-state index contributed by atoms with van der Waals surface area (Å²) in [5, 5.41) is 0.724. The molecule has 3 nitrogen and oxygen atoms in total. The molecule has 5 aromatic carbocycles. The van der Waals surface area contributed by atoms with Crippen molar-refractivity contribution >= 4 is 11.6 Å². The summed E-state index contributed by atoms with van der Waals surface area (Å²) in [6, 6.07) is 45.9. The van der Waals surface area contributed by atoms with Crippen LogP contribution in [0.15, 0.2) is 133 Å². The molecule has 0 N–H and O–H groups in total. The van der Waals surface area contributed by atoms with E-state index >= 15 is 0 Å². The van der Waals surface area contributed by atoms with Crippen molar-refractivity contribution in [1.29, 1.82) is 0 Å². The Morgan fingerprint density at radius 3 is 1.86 bits per heavy atom. The van der Waals surface area contributed by atoms with E-state index in [1.165, 1.54) is 0 Å². The summed E-state index contributed by atoms with van der Waals surface area (Å²) in [4.78, 5) is 0. The maximum atomic E-state index is 7.10. The predicted octanol–water partition coefficient (Wildman–Crippen LogP) is 10.0. The second-order valence-electron chi connectivity index (χ2n) is 11.0. The van der Waals surface area contributed by atoms with E-state index in [9.17, 15) is 0 Å². The fourth-order valence-corrected chi connectivity index (χ4v) is 6.34. The van der Waals surface area contributed by atoms with Crippen molar-refractivity contribution in [1.82, 2.24) is 0 Å². The summed E-state index contributed by atoms with van der Waals surface area (Å²) >= 11 is 6.68. The van der Waals surface area contributed by atoms with E-state index in [4.69, 9.17) is 25.8 Å². The van der Waals surface area contributed by atoms with Gasteiger partial charge in [-0.2, -0.15) is 0 Å². The molecule has 0 bridgehead atoms. The van der Waals surface area contributed by atoms with Crippen molar-refractivity contribution in [2.24, 2.45) is 0 Å². The van der Waals surface area contributed by atoms with Crippen LogP contribution >= 0.6 is 11.6 Å². The Morgan fingerprint density at radius 1 is 0.721 bits per heavy atom. The minimum Gasteiger partial charge on any atom is -0.494 e. The molecule has 0 amide bonds. The van der Waals surface area contributed by atoms with Gasteiger partial charge in [-0.15, -0.1) is 0 Å². The van der Waals surface area contributed by atoms with Gasteiger partial charge < -0.3 is 14.2 Å². The van der Waals surface area contributed by atoms with Gasteiger partial charge in [0, 0.05) is 10.6 Å². The minimum absolute atomic E-state index is 0.0272. The third kappa shape index (κ3) is 6.40. The number of hydrogen-bond donors (Lipinski definition) is 0. The molecule has 1 aliphatic heterocycles. The zero-order valence-corrected chi connectivity index (χ0v) is 25.3. The number of rotatable bonds is 10. The first-order valence-corrected chi connectivity index (χ1v) is 15.5. The topological polar surface area (TPSA) is 27.7 Å². The maximum Gasteiger partial charge on any atom is 0.143 e. The van der Waals surface area contributed by atoms with Crippen molar-refractivity contribution in [2.45, 2.75) is 44.0 Å². The van der Waals surface area contributed by atoms with Gasteiger partial charge in [-0.3, -0.25) is 0 Å². The Morgan fingerprint density at radius 2 is 1.30 bits per heavy atom. The molecule has 5 aromatic rings. The van der Waals surface area contributed by atoms with Crippen molar-refractivity contribution < 1.29 is 14.2 Å². The molecule has 0 aromatic heterocycles. The minimum atomic E-state index is -0.763. The molecule has 4 heteroatoms. The molecule has 6 rings (SSSR count). The maximum absolute atomic E-state index is 7.10. The Balaban J connectivity index is 1.26. The van der Waals surface area contributed by atoms with E-state index in [1.54, 1.807) is 0 Å². The zero-order valence-electron chi connectivity index (χ0n) is 24.5. The van der Waals surface area contributed by atoms with Crippen molar-refractivity contribution in [2.75, 3.05) is 13.2 Å².